The van der Waals surface area contributed by atoms with Crippen LogP contribution in [-0.4, -0.2) is 64.4 Å². The first-order valence-corrected chi connectivity index (χ1v) is 7.51. The van der Waals surface area contributed by atoms with Gasteiger partial charge < -0.3 is 10.2 Å². The smallest absolute Gasteiger partial charge is 0.334 e. The van der Waals surface area contributed by atoms with Crippen molar-refractivity contribution in [1.29, 1.82) is 0 Å². The van der Waals surface area contributed by atoms with Crippen LogP contribution >= 0.6 is 0 Å². The first-order valence-electron chi connectivity index (χ1n) is 7.51. The summed E-state index contributed by atoms with van der Waals surface area (Å²) in [5, 5.41) is 9.71. The number of amides is 2. The summed E-state index contributed by atoms with van der Waals surface area (Å²) in [6.45, 7) is 5.64. The van der Waals surface area contributed by atoms with Crippen LogP contribution in [0.5, 0.6) is 0 Å². The number of hydrogen-bond donors (Lipinski definition) is 2. The number of hydrogen-bond acceptors (Lipinski definition) is 3. The SMILES string of the molecule is Cc1n[nH]c(C)c1CNC(=O)N1CCN(CC(F)(F)F)[C@@H](C)C1. The Morgan fingerprint density at radius 1 is 1.39 bits per heavy atom. The summed E-state index contributed by atoms with van der Waals surface area (Å²) in [7, 11) is 0. The van der Waals surface area contributed by atoms with Crippen molar-refractivity contribution in [1.82, 2.24) is 25.3 Å². The summed E-state index contributed by atoms with van der Waals surface area (Å²) in [5.41, 5.74) is 2.65. The molecule has 1 aliphatic heterocycles. The van der Waals surface area contributed by atoms with E-state index in [-0.39, 0.29) is 31.7 Å². The Labute approximate surface area is 133 Å². The molecule has 0 spiro atoms. The van der Waals surface area contributed by atoms with Crippen LogP contribution in [0.4, 0.5) is 18.0 Å². The van der Waals surface area contributed by atoms with Crippen LogP contribution in [0.1, 0.15) is 23.9 Å². The highest BCUT2D eigenvalue weighted by atomic mass is 19.4. The molecule has 0 radical (unpaired) electrons. The van der Waals surface area contributed by atoms with E-state index in [9.17, 15) is 18.0 Å². The lowest BCUT2D eigenvalue weighted by Gasteiger charge is -2.39. The molecule has 9 heteroatoms. The standard InChI is InChI=1S/C14H22F3N5O/c1-9-7-21(4-5-22(9)8-14(15,16)17)13(23)18-6-12-10(2)19-20-11(12)3/h9H,4-8H2,1-3H3,(H,18,23)(H,19,20)/t9-/m0/s1. The molecule has 1 atom stereocenters. The zero-order chi connectivity index (χ0) is 17.2. The molecule has 1 aromatic rings. The van der Waals surface area contributed by atoms with Crippen LogP contribution in [0.2, 0.25) is 0 Å². The molecule has 0 aromatic carbocycles. The van der Waals surface area contributed by atoms with Gasteiger partial charge >= 0.3 is 12.2 Å². The van der Waals surface area contributed by atoms with Crippen LogP contribution in [-0.2, 0) is 6.54 Å². The van der Waals surface area contributed by atoms with E-state index in [0.29, 0.717) is 6.54 Å². The number of carbonyl (C=O) groups excluding carboxylic acids is 1. The second kappa shape index (κ2) is 6.77. The predicted octanol–water partition coefficient (Wildman–Crippen LogP) is 1.80. The number of urea groups is 1. The molecule has 0 bridgehead atoms. The van der Waals surface area contributed by atoms with Gasteiger partial charge in [-0.2, -0.15) is 18.3 Å². The molecule has 23 heavy (non-hydrogen) atoms. The molecule has 1 aliphatic rings. The van der Waals surface area contributed by atoms with Crippen molar-refractivity contribution in [3.8, 4) is 0 Å². The third kappa shape index (κ3) is 4.60. The number of alkyl halides is 3. The fraction of sp³-hybridized carbons (Fsp3) is 0.714. The van der Waals surface area contributed by atoms with Gasteiger partial charge in [0.15, 0.2) is 0 Å². The van der Waals surface area contributed by atoms with Crippen molar-refractivity contribution in [3.63, 3.8) is 0 Å². The molecule has 2 rings (SSSR count). The normalized spacial score (nSPS) is 19.9. The van der Waals surface area contributed by atoms with Crippen molar-refractivity contribution in [2.45, 2.75) is 39.5 Å². The van der Waals surface area contributed by atoms with E-state index in [4.69, 9.17) is 0 Å². The Bertz CT molecular complexity index is 538. The van der Waals surface area contributed by atoms with Crippen LogP contribution in [0.15, 0.2) is 0 Å². The summed E-state index contributed by atoms with van der Waals surface area (Å²) in [5.74, 6) is 0. The zero-order valence-corrected chi connectivity index (χ0v) is 13.5. The number of aromatic nitrogens is 2. The van der Waals surface area contributed by atoms with Gasteiger partial charge in [0.25, 0.3) is 0 Å². The van der Waals surface area contributed by atoms with Gasteiger partial charge in [-0.25, -0.2) is 4.79 Å². The lowest BCUT2D eigenvalue weighted by Crippen LogP contribution is -2.57. The Kier molecular flexibility index (Phi) is 5.18. The minimum atomic E-state index is -4.21. The van der Waals surface area contributed by atoms with Crippen LogP contribution in [0, 0.1) is 13.8 Å². The highest BCUT2D eigenvalue weighted by Gasteiger charge is 2.35. The molecule has 0 saturated carbocycles. The maximum absolute atomic E-state index is 12.5. The molecule has 1 aromatic heterocycles. The molecular weight excluding hydrogens is 311 g/mol. The molecule has 2 heterocycles. The van der Waals surface area contributed by atoms with E-state index in [1.807, 2.05) is 13.8 Å². The van der Waals surface area contributed by atoms with E-state index in [0.717, 1.165) is 17.0 Å². The fourth-order valence-corrected chi connectivity index (χ4v) is 2.76. The van der Waals surface area contributed by atoms with E-state index in [2.05, 4.69) is 15.5 Å². The lowest BCUT2D eigenvalue weighted by molar-refractivity contribution is -0.153. The average molecular weight is 333 g/mol. The third-order valence-electron chi connectivity index (χ3n) is 4.13. The number of rotatable bonds is 3. The van der Waals surface area contributed by atoms with Gasteiger partial charge in [0.05, 0.1) is 12.2 Å². The van der Waals surface area contributed by atoms with E-state index in [1.54, 1.807) is 11.8 Å². The second-order valence-corrected chi connectivity index (χ2v) is 5.95. The number of H-pyrrole nitrogens is 1. The van der Waals surface area contributed by atoms with Gasteiger partial charge in [-0.15, -0.1) is 0 Å². The number of aromatic amines is 1. The van der Waals surface area contributed by atoms with Gasteiger partial charge in [0.2, 0.25) is 0 Å². The molecule has 6 nitrogen and oxygen atoms in total. The summed E-state index contributed by atoms with van der Waals surface area (Å²) in [4.78, 5) is 15.1. The van der Waals surface area contributed by atoms with Crippen molar-refractivity contribution in [2.75, 3.05) is 26.2 Å². The van der Waals surface area contributed by atoms with E-state index in [1.165, 1.54) is 4.90 Å². The Morgan fingerprint density at radius 2 is 2.09 bits per heavy atom. The number of nitrogens with zero attached hydrogens (tertiary/aromatic N) is 3. The summed E-state index contributed by atoms with van der Waals surface area (Å²) >= 11 is 0. The Morgan fingerprint density at radius 3 is 2.61 bits per heavy atom. The lowest BCUT2D eigenvalue weighted by atomic mass is 10.2. The monoisotopic (exact) mass is 333 g/mol. The predicted molar refractivity (Wildman–Crippen MR) is 79.0 cm³/mol. The minimum absolute atomic E-state index is 0.220. The number of nitrogens with one attached hydrogen (secondary N) is 2. The molecule has 1 saturated heterocycles. The zero-order valence-electron chi connectivity index (χ0n) is 13.5. The first kappa shape index (κ1) is 17.6. The first-order chi connectivity index (χ1) is 10.7. The van der Waals surface area contributed by atoms with Gasteiger partial charge in [0.1, 0.15) is 0 Å². The van der Waals surface area contributed by atoms with Gasteiger partial charge in [0, 0.05) is 43.5 Å². The fourth-order valence-electron chi connectivity index (χ4n) is 2.76. The largest absolute Gasteiger partial charge is 0.401 e. The maximum Gasteiger partial charge on any atom is 0.401 e. The number of piperazine rings is 1. The van der Waals surface area contributed by atoms with Gasteiger partial charge in [-0.1, -0.05) is 0 Å². The summed E-state index contributed by atoms with van der Waals surface area (Å²) in [6, 6.07) is -0.586. The van der Waals surface area contributed by atoms with E-state index < -0.39 is 12.7 Å². The maximum atomic E-state index is 12.5. The van der Waals surface area contributed by atoms with Gasteiger partial charge in [-0.3, -0.25) is 10.00 Å². The van der Waals surface area contributed by atoms with Gasteiger partial charge in [-0.05, 0) is 20.8 Å². The molecule has 2 amide bonds. The summed E-state index contributed by atoms with van der Waals surface area (Å²) < 4.78 is 37.4. The van der Waals surface area contributed by atoms with Crippen molar-refractivity contribution >= 4 is 6.03 Å². The highest BCUT2D eigenvalue weighted by molar-refractivity contribution is 5.74. The quantitative estimate of drug-likeness (QED) is 0.887. The molecule has 0 unspecified atom stereocenters. The van der Waals surface area contributed by atoms with Crippen LogP contribution < -0.4 is 5.32 Å². The third-order valence-corrected chi connectivity index (χ3v) is 4.13. The average Bonchev–Trinajstić information content (AvgIpc) is 2.76. The molecular formula is C14H22F3N5O. The number of halogens is 3. The minimum Gasteiger partial charge on any atom is -0.334 e. The Hall–Kier alpha value is -1.77. The highest BCUT2D eigenvalue weighted by Crippen LogP contribution is 2.20. The number of carbonyl (C=O) groups is 1. The van der Waals surface area contributed by atoms with Crippen LogP contribution in [0.25, 0.3) is 0 Å². The van der Waals surface area contributed by atoms with Crippen molar-refractivity contribution in [2.24, 2.45) is 0 Å². The van der Waals surface area contributed by atoms with Crippen LogP contribution in [0.3, 0.4) is 0 Å². The number of aryl methyl sites for hydroxylation is 2. The molecule has 130 valence electrons. The van der Waals surface area contributed by atoms with Crippen molar-refractivity contribution < 1.29 is 18.0 Å². The summed E-state index contributed by atoms with van der Waals surface area (Å²) in [6.07, 6.45) is -4.21. The molecule has 2 N–H and O–H groups in total. The molecule has 0 aliphatic carbocycles. The Balaban J connectivity index is 1.85. The molecule has 1 fully saturated rings. The van der Waals surface area contributed by atoms with Crippen molar-refractivity contribution in [3.05, 3.63) is 17.0 Å². The topological polar surface area (TPSA) is 64.3 Å². The second-order valence-electron chi connectivity index (χ2n) is 5.95. The van der Waals surface area contributed by atoms with E-state index >= 15 is 0 Å².